The molecule has 80 valence electrons. The van der Waals surface area contributed by atoms with Gasteiger partial charge >= 0.3 is 0 Å². The van der Waals surface area contributed by atoms with Crippen LogP contribution < -0.4 is 0 Å². The Morgan fingerprint density at radius 1 is 1.13 bits per heavy atom. The maximum absolute atomic E-state index is 3.54. The first-order valence-electron chi connectivity index (χ1n) is 4.80. The summed E-state index contributed by atoms with van der Waals surface area (Å²) in [6.45, 7) is 7.67. The second kappa shape index (κ2) is 9.47. The van der Waals surface area contributed by atoms with Crippen LogP contribution in [0.5, 0.6) is 0 Å². The van der Waals surface area contributed by atoms with E-state index in [0.717, 1.165) is 4.47 Å². The summed E-state index contributed by atoms with van der Waals surface area (Å²) < 4.78 is 1.13. The molecule has 0 amide bonds. The molecule has 0 saturated heterocycles. The van der Waals surface area contributed by atoms with E-state index in [0.29, 0.717) is 0 Å². The van der Waals surface area contributed by atoms with Crippen LogP contribution in [0.2, 0.25) is 0 Å². The van der Waals surface area contributed by atoms with Crippen molar-refractivity contribution in [3.05, 3.63) is 71.3 Å². The number of allylic oxidation sites excluding steroid dienone is 5. The molecule has 0 N–H and O–H groups in total. The summed E-state index contributed by atoms with van der Waals surface area (Å²) in [5, 5.41) is 0. The van der Waals surface area contributed by atoms with Gasteiger partial charge in [-0.25, -0.2) is 0 Å². The van der Waals surface area contributed by atoms with E-state index in [1.807, 2.05) is 48.6 Å². The Morgan fingerprint density at radius 2 is 1.73 bits per heavy atom. The average Bonchev–Trinajstić information content (AvgIpc) is 2.20. The number of benzene rings is 1. The lowest BCUT2D eigenvalue weighted by Gasteiger charge is -1.80. The number of rotatable bonds is 2. The van der Waals surface area contributed by atoms with E-state index in [1.165, 1.54) is 5.57 Å². The van der Waals surface area contributed by atoms with Crippen LogP contribution in [-0.2, 0) is 0 Å². The molecule has 0 radical (unpaired) electrons. The Labute approximate surface area is 101 Å². The zero-order chi connectivity index (χ0) is 11.5. The van der Waals surface area contributed by atoms with Crippen LogP contribution in [0.1, 0.15) is 13.8 Å². The fourth-order valence-electron chi connectivity index (χ4n) is 0.741. The molecule has 0 aliphatic heterocycles. The van der Waals surface area contributed by atoms with Crippen LogP contribution in [0.15, 0.2) is 71.3 Å². The van der Waals surface area contributed by atoms with Gasteiger partial charge in [-0.15, -0.1) is 0 Å². The molecule has 0 heterocycles. The van der Waals surface area contributed by atoms with Gasteiger partial charge in [0.1, 0.15) is 0 Å². The van der Waals surface area contributed by atoms with Crippen LogP contribution in [0.4, 0.5) is 0 Å². The maximum atomic E-state index is 3.54. The lowest BCUT2D eigenvalue weighted by molar-refractivity contribution is 1.39. The van der Waals surface area contributed by atoms with Crippen molar-refractivity contribution in [3.63, 3.8) is 0 Å². The van der Waals surface area contributed by atoms with Crippen LogP contribution in [-0.4, -0.2) is 0 Å². The molecule has 0 unspecified atom stereocenters. The molecule has 0 atom stereocenters. The van der Waals surface area contributed by atoms with Gasteiger partial charge in [0, 0.05) is 4.47 Å². The van der Waals surface area contributed by atoms with Crippen molar-refractivity contribution in [3.8, 4) is 0 Å². The molecule has 0 aliphatic carbocycles. The van der Waals surface area contributed by atoms with Crippen molar-refractivity contribution >= 4 is 15.9 Å². The van der Waals surface area contributed by atoms with E-state index >= 15 is 0 Å². The first-order chi connectivity index (χ1) is 7.16. The Bertz CT molecular complexity index is 316. The van der Waals surface area contributed by atoms with Gasteiger partial charge in [0.15, 0.2) is 0 Å². The van der Waals surface area contributed by atoms with Gasteiger partial charge in [0.2, 0.25) is 0 Å². The smallest absolute Gasteiger partial charge is 0.0175 e. The molecule has 1 rings (SSSR count). The van der Waals surface area contributed by atoms with Crippen LogP contribution in [0, 0.1) is 0 Å². The first-order valence-corrected chi connectivity index (χ1v) is 5.59. The van der Waals surface area contributed by atoms with E-state index in [1.54, 1.807) is 6.08 Å². The van der Waals surface area contributed by atoms with Crippen molar-refractivity contribution in [2.24, 2.45) is 0 Å². The average molecular weight is 265 g/mol. The molecule has 0 spiro atoms. The van der Waals surface area contributed by atoms with E-state index in [4.69, 9.17) is 0 Å². The van der Waals surface area contributed by atoms with Gasteiger partial charge in [0.05, 0.1) is 0 Å². The highest BCUT2D eigenvalue weighted by Crippen LogP contribution is 2.05. The Kier molecular flexibility index (Phi) is 8.79. The molecule has 1 aromatic carbocycles. The van der Waals surface area contributed by atoms with Gasteiger partial charge in [0.25, 0.3) is 0 Å². The highest BCUT2D eigenvalue weighted by Gasteiger charge is 1.74. The molecular formula is C14H17Br. The standard InChI is InChI=1S/C8H12.C6H5Br/c1-4-5-6-7-8(2)3;7-6-4-2-1-3-5-6/h4-7H,1H2,2-3H3;1-5H/b6-5-;. The fraction of sp³-hybridized carbons (Fsp3) is 0.143. The molecule has 1 aromatic rings. The summed E-state index contributed by atoms with van der Waals surface area (Å²) in [6.07, 6.45) is 7.69. The normalized spacial score (nSPS) is 9.00. The van der Waals surface area contributed by atoms with E-state index in [-0.39, 0.29) is 0 Å². The largest absolute Gasteiger partial charge is 0.0991 e. The van der Waals surface area contributed by atoms with Crippen molar-refractivity contribution in [1.29, 1.82) is 0 Å². The number of halogens is 1. The topological polar surface area (TPSA) is 0 Å². The van der Waals surface area contributed by atoms with Crippen molar-refractivity contribution in [2.45, 2.75) is 13.8 Å². The van der Waals surface area contributed by atoms with Crippen LogP contribution >= 0.6 is 15.9 Å². The highest BCUT2D eigenvalue weighted by molar-refractivity contribution is 9.10. The number of hydrogen-bond donors (Lipinski definition) is 0. The summed E-state index contributed by atoms with van der Waals surface area (Å²) in [6, 6.07) is 9.97. The lowest BCUT2D eigenvalue weighted by Crippen LogP contribution is -1.56. The van der Waals surface area contributed by atoms with Gasteiger partial charge in [-0.1, -0.05) is 70.6 Å². The van der Waals surface area contributed by atoms with E-state index < -0.39 is 0 Å². The summed E-state index contributed by atoms with van der Waals surface area (Å²) in [4.78, 5) is 0. The molecule has 0 aromatic heterocycles. The molecule has 15 heavy (non-hydrogen) atoms. The Balaban J connectivity index is 0.000000262. The van der Waals surface area contributed by atoms with Gasteiger partial charge < -0.3 is 0 Å². The lowest BCUT2D eigenvalue weighted by atomic mass is 10.3. The molecule has 0 saturated carbocycles. The Morgan fingerprint density at radius 3 is 2.07 bits per heavy atom. The zero-order valence-electron chi connectivity index (χ0n) is 9.28. The van der Waals surface area contributed by atoms with Crippen molar-refractivity contribution in [1.82, 2.24) is 0 Å². The minimum Gasteiger partial charge on any atom is -0.0991 e. The minimum atomic E-state index is 1.13. The fourth-order valence-corrected chi connectivity index (χ4v) is 1.05. The summed E-state index contributed by atoms with van der Waals surface area (Å²) in [5.74, 6) is 0. The maximum Gasteiger partial charge on any atom is 0.0175 e. The summed E-state index contributed by atoms with van der Waals surface area (Å²) in [7, 11) is 0. The van der Waals surface area contributed by atoms with Crippen molar-refractivity contribution in [2.75, 3.05) is 0 Å². The van der Waals surface area contributed by atoms with Gasteiger partial charge in [-0.3, -0.25) is 0 Å². The molecular weight excluding hydrogens is 248 g/mol. The second-order valence-corrected chi connectivity index (χ2v) is 4.08. The van der Waals surface area contributed by atoms with Crippen molar-refractivity contribution < 1.29 is 0 Å². The second-order valence-electron chi connectivity index (χ2n) is 3.16. The predicted molar refractivity (Wildman–Crippen MR) is 72.9 cm³/mol. The molecule has 0 aliphatic rings. The quantitative estimate of drug-likeness (QED) is 0.649. The molecule has 1 heteroatoms. The molecule has 0 bridgehead atoms. The van der Waals surface area contributed by atoms with Crippen LogP contribution in [0.25, 0.3) is 0 Å². The highest BCUT2D eigenvalue weighted by atomic mass is 79.9. The minimum absolute atomic E-state index is 1.13. The monoisotopic (exact) mass is 264 g/mol. The third kappa shape index (κ3) is 10.8. The van der Waals surface area contributed by atoms with Gasteiger partial charge in [-0.05, 0) is 26.0 Å². The van der Waals surface area contributed by atoms with Crippen LogP contribution in [0.3, 0.4) is 0 Å². The molecule has 0 nitrogen and oxygen atoms in total. The van der Waals surface area contributed by atoms with E-state index in [9.17, 15) is 0 Å². The molecule has 0 fully saturated rings. The first kappa shape index (κ1) is 13.9. The summed E-state index contributed by atoms with van der Waals surface area (Å²) in [5.41, 5.74) is 1.31. The third-order valence-electron chi connectivity index (χ3n) is 1.41. The van der Waals surface area contributed by atoms with Gasteiger partial charge in [-0.2, -0.15) is 0 Å². The van der Waals surface area contributed by atoms with E-state index in [2.05, 4.69) is 36.4 Å². The predicted octanol–water partition coefficient (Wildman–Crippen LogP) is 5.14. The number of hydrogen-bond acceptors (Lipinski definition) is 0. The SMILES string of the molecule is Brc1ccccc1.C=C/C=C\C=C(C)C. The zero-order valence-corrected chi connectivity index (χ0v) is 10.9. The Hall–Kier alpha value is -1.08. The third-order valence-corrected chi connectivity index (χ3v) is 1.94. The summed E-state index contributed by atoms with van der Waals surface area (Å²) >= 11 is 3.31.